The summed E-state index contributed by atoms with van der Waals surface area (Å²) in [5.74, 6) is 1.41. The van der Waals surface area contributed by atoms with Crippen LogP contribution >= 0.6 is 0 Å². The van der Waals surface area contributed by atoms with Gasteiger partial charge in [-0.15, -0.1) is 0 Å². The van der Waals surface area contributed by atoms with Crippen molar-refractivity contribution in [2.24, 2.45) is 5.92 Å². The minimum absolute atomic E-state index is 0.0702. The van der Waals surface area contributed by atoms with E-state index in [4.69, 9.17) is 23.7 Å². The van der Waals surface area contributed by atoms with E-state index in [2.05, 4.69) is 24.1 Å². The molecule has 1 fully saturated rings. The monoisotopic (exact) mass is 401 g/mol. The largest absolute Gasteiger partial charge is 0.481 e. The number of ether oxygens (including phenoxy) is 5. The normalized spacial score (nSPS) is 33.8. The summed E-state index contributed by atoms with van der Waals surface area (Å²) in [7, 11) is 5.29. The number of rotatable bonds is 6. The van der Waals surface area contributed by atoms with Gasteiger partial charge < -0.3 is 28.6 Å². The van der Waals surface area contributed by atoms with Crippen LogP contribution in [0.15, 0.2) is 24.3 Å². The number of hydrogen-bond donors (Lipinski definition) is 0. The standard InChI is InChI=1S/C22H27NO6/c1-23-9-8-22-14-5-7-17(28-18(24)11-25-2)21(22)29-20-16(27-12-26-3)6-4-13(19(20)22)10-15(14)23/h4-7,14-15,17,21H,8-12H2,1-3H3/t14-,15+,17-,21-,22-/m0/s1. The van der Waals surface area contributed by atoms with Crippen molar-refractivity contribution in [3.63, 3.8) is 0 Å². The molecular formula is C22H27NO6. The van der Waals surface area contributed by atoms with Gasteiger partial charge in [0.25, 0.3) is 0 Å². The predicted octanol–water partition coefficient (Wildman–Crippen LogP) is 1.67. The Labute approximate surface area is 170 Å². The molecule has 1 spiro atoms. The Kier molecular flexibility index (Phi) is 4.57. The van der Waals surface area contributed by atoms with Crippen molar-refractivity contribution >= 4 is 5.97 Å². The maximum Gasteiger partial charge on any atom is 0.332 e. The van der Waals surface area contributed by atoms with Crippen LogP contribution in [-0.2, 0) is 30.8 Å². The first-order valence-corrected chi connectivity index (χ1v) is 10.1. The molecule has 0 amide bonds. The third kappa shape index (κ3) is 2.64. The lowest BCUT2D eigenvalue weighted by Gasteiger charge is -2.56. The van der Waals surface area contributed by atoms with Crippen LogP contribution in [0.3, 0.4) is 0 Å². The van der Waals surface area contributed by atoms with Gasteiger partial charge in [-0.2, -0.15) is 0 Å². The molecule has 1 saturated heterocycles. The van der Waals surface area contributed by atoms with E-state index < -0.39 is 6.10 Å². The lowest BCUT2D eigenvalue weighted by molar-refractivity contribution is -0.159. The van der Waals surface area contributed by atoms with Gasteiger partial charge >= 0.3 is 5.97 Å². The minimum atomic E-state index is -0.452. The average molecular weight is 401 g/mol. The van der Waals surface area contributed by atoms with Gasteiger partial charge in [0.05, 0.1) is 0 Å². The maximum atomic E-state index is 12.2. The highest BCUT2D eigenvalue weighted by molar-refractivity contribution is 5.71. The second-order valence-electron chi connectivity index (χ2n) is 8.36. The van der Waals surface area contributed by atoms with Crippen LogP contribution in [0.5, 0.6) is 11.5 Å². The molecule has 7 nitrogen and oxygen atoms in total. The number of benzene rings is 1. The summed E-state index contributed by atoms with van der Waals surface area (Å²) in [6, 6.07) is 4.53. The number of hydrogen-bond acceptors (Lipinski definition) is 7. The molecule has 29 heavy (non-hydrogen) atoms. The van der Waals surface area contributed by atoms with Crippen LogP contribution in [0.2, 0.25) is 0 Å². The Morgan fingerprint density at radius 1 is 1.28 bits per heavy atom. The summed E-state index contributed by atoms with van der Waals surface area (Å²) in [6.45, 7) is 1.07. The summed E-state index contributed by atoms with van der Waals surface area (Å²) in [5, 5.41) is 0. The van der Waals surface area contributed by atoms with E-state index in [9.17, 15) is 4.79 Å². The van der Waals surface area contributed by atoms with E-state index in [0.29, 0.717) is 17.7 Å². The number of carbonyl (C=O) groups excluding carboxylic acids is 1. The third-order valence-electron chi connectivity index (χ3n) is 6.98. The zero-order valence-electron chi connectivity index (χ0n) is 17.1. The number of nitrogens with zero attached hydrogens (tertiary/aromatic N) is 1. The van der Waals surface area contributed by atoms with Crippen molar-refractivity contribution in [1.29, 1.82) is 0 Å². The Morgan fingerprint density at radius 3 is 2.93 bits per heavy atom. The summed E-state index contributed by atoms with van der Waals surface area (Å²) in [5.41, 5.74) is 2.33. The van der Waals surface area contributed by atoms with Crippen molar-refractivity contribution in [2.75, 3.05) is 41.2 Å². The Morgan fingerprint density at radius 2 is 2.14 bits per heavy atom. The Hall–Kier alpha value is -2.09. The van der Waals surface area contributed by atoms with Crippen molar-refractivity contribution in [1.82, 2.24) is 4.90 Å². The first kappa shape index (κ1) is 18.9. The zero-order valence-corrected chi connectivity index (χ0v) is 17.1. The summed E-state index contributed by atoms with van der Waals surface area (Å²) in [6.07, 6.45) is 5.45. The van der Waals surface area contributed by atoms with E-state index in [1.54, 1.807) is 7.11 Å². The number of likely N-dealkylation sites (tertiary alicyclic amines) is 1. The van der Waals surface area contributed by atoms with Gasteiger partial charge in [0.15, 0.2) is 24.4 Å². The average Bonchev–Trinajstić information content (AvgIpc) is 3.06. The van der Waals surface area contributed by atoms with Crippen molar-refractivity contribution in [3.8, 4) is 11.5 Å². The van der Waals surface area contributed by atoms with Crippen LogP contribution in [0.4, 0.5) is 0 Å². The molecule has 2 aliphatic carbocycles. The van der Waals surface area contributed by atoms with Gasteiger partial charge in [0, 0.05) is 37.2 Å². The fourth-order valence-corrected chi connectivity index (χ4v) is 5.85. The molecule has 156 valence electrons. The molecule has 0 radical (unpaired) electrons. The maximum absolute atomic E-state index is 12.2. The first-order chi connectivity index (χ1) is 14.1. The lowest BCUT2D eigenvalue weighted by atomic mass is 9.53. The number of methoxy groups -OCH3 is 2. The highest BCUT2D eigenvalue weighted by atomic mass is 16.7. The van der Waals surface area contributed by atoms with Gasteiger partial charge in [-0.3, -0.25) is 0 Å². The van der Waals surface area contributed by atoms with Gasteiger partial charge in [-0.1, -0.05) is 12.1 Å². The van der Waals surface area contributed by atoms with Crippen molar-refractivity contribution in [2.45, 2.75) is 36.5 Å². The highest BCUT2D eigenvalue weighted by Gasteiger charge is 2.65. The van der Waals surface area contributed by atoms with E-state index in [1.165, 1.54) is 18.2 Å². The van der Waals surface area contributed by atoms with Crippen LogP contribution < -0.4 is 9.47 Å². The van der Waals surface area contributed by atoms with E-state index in [1.807, 2.05) is 12.1 Å². The SMILES string of the molecule is COCOc1ccc2c3c1O[C@H]1[C@@H](OC(=O)COC)C=C[C@H]4[C@@H](C2)N(C)CC[C@@]341. The molecule has 0 N–H and O–H groups in total. The molecule has 4 aliphatic rings. The van der Waals surface area contributed by atoms with Crippen molar-refractivity contribution in [3.05, 3.63) is 35.4 Å². The number of esters is 1. The van der Waals surface area contributed by atoms with Gasteiger partial charge in [0.2, 0.25) is 0 Å². The summed E-state index contributed by atoms with van der Waals surface area (Å²) >= 11 is 0. The second-order valence-corrected chi connectivity index (χ2v) is 8.36. The molecule has 1 aromatic carbocycles. The van der Waals surface area contributed by atoms with Crippen LogP contribution in [0.1, 0.15) is 17.5 Å². The molecular weight excluding hydrogens is 374 g/mol. The van der Waals surface area contributed by atoms with E-state index >= 15 is 0 Å². The van der Waals surface area contributed by atoms with Crippen LogP contribution in [0.25, 0.3) is 0 Å². The van der Waals surface area contributed by atoms with Gasteiger partial charge in [-0.05, 0) is 44.1 Å². The number of likely N-dealkylation sites (N-methyl/N-ethyl adjacent to an activating group) is 1. The van der Waals surface area contributed by atoms with Crippen LogP contribution in [0, 0.1) is 5.92 Å². The molecule has 0 saturated carbocycles. The molecule has 2 bridgehead atoms. The molecule has 0 unspecified atom stereocenters. The van der Waals surface area contributed by atoms with E-state index in [-0.39, 0.29) is 30.9 Å². The molecule has 7 heteroatoms. The predicted molar refractivity (Wildman–Crippen MR) is 104 cm³/mol. The van der Waals surface area contributed by atoms with E-state index in [0.717, 1.165) is 25.1 Å². The van der Waals surface area contributed by atoms with Crippen molar-refractivity contribution < 1.29 is 28.5 Å². The third-order valence-corrected chi connectivity index (χ3v) is 6.98. The smallest absolute Gasteiger partial charge is 0.332 e. The number of piperidine rings is 1. The fourth-order valence-electron chi connectivity index (χ4n) is 5.85. The second kappa shape index (κ2) is 7.00. The zero-order chi connectivity index (χ0) is 20.2. The quantitative estimate of drug-likeness (QED) is 0.408. The molecule has 0 aromatic heterocycles. The Balaban J connectivity index is 1.61. The molecule has 2 aliphatic heterocycles. The molecule has 1 aromatic rings. The molecule has 5 atom stereocenters. The van der Waals surface area contributed by atoms with Gasteiger partial charge in [0.1, 0.15) is 12.7 Å². The Bertz CT molecular complexity index is 854. The minimum Gasteiger partial charge on any atom is -0.481 e. The molecule has 2 heterocycles. The summed E-state index contributed by atoms with van der Waals surface area (Å²) in [4.78, 5) is 14.6. The van der Waals surface area contributed by atoms with Gasteiger partial charge in [-0.25, -0.2) is 4.79 Å². The number of carbonyl (C=O) groups is 1. The lowest BCUT2D eigenvalue weighted by Crippen LogP contribution is -2.65. The summed E-state index contributed by atoms with van der Waals surface area (Å²) < 4.78 is 28.2. The topological polar surface area (TPSA) is 66.5 Å². The molecule has 5 rings (SSSR count). The fraction of sp³-hybridized carbons (Fsp3) is 0.591. The first-order valence-electron chi connectivity index (χ1n) is 10.1. The van der Waals surface area contributed by atoms with Crippen LogP contribution in [-0.4, -0.2) is 70.3 Å². The highest BCUT2D eigenvalue weighted by Crippen LogP contribution is 2.62.